The number of carbonyl (C=O) groups excluding carboxylic acids is 1. The number of nitrogens with zero attached hydrogens (tertiary/aromatic N) is 6. The Balaban J connectivity index is 1.72. The Bertz CT molecular complexity index is 1780. The number of hydrogen-bond acceptors (Lipinski definition) is 12. The first kappa shape index (κ1) is 31.4. The Morgan fingerprint density at radius 1 is 1.05 bits per heavy atom. The molecule has 0 fully saturated rings. The molecule has 0 aliphatic rings. The van der Waals surface area contributed by atoms with Gasteiger partial charge in [-0.2, -0.15) is 4.98 Å². The maximum Gasteiger partial charge on any atom is 0.247 e. The van der Waals surface area contributed by atoms with E-state index in [1.54, 1.807) is 24.3 Å². The molecule has 2 heterocycles. The Hall–Kier alpha value is -4.53. The second-order valence-corrected chi connectivity index (χ2v) is 12.1. The standard InChI is InChI=1S/C28H32ClN9O4S/c1-7-24(39)33-20-14-21(23(42-5)15-22(20)38(4)13-12-37(2)3)35-28-32-16-17(29)27(36-28)34-19-9-8-18-25(31-11-10-30-18)26(19)43(6,40)41/h7-11,14-16H,1,12-13H2,2-6H3,(H,33,39)(H2,32,34,35,36). The molecule has 4 rings (SSSR count). The van der Waals surface area contributed by atoms with Gasteiger partial charge in [0, 0.05) is 44.9 Å². The summed E-state index contributed by atoms with van der Waals surface area (Å²) in [6, 6.07) is 6.72. The SMILES string of the molecule is C=CC(=O)Nc1cc(Nc2ncc(Cl)c(Nc3ccc4nccnc4c3S(C)(=O)=O)n2)c(OC)cc1N(C)CCN(C)C. The van der Waals surface area contributed by atoms with Crippen molar-refractivity contribution in [3.63, 3.8) is 0 Å². The number of likely N-dealkylation sites (N-methyl/N-ethyl adjacent to an activating group) is 2. The molecule has 0 unspecified atom stereocenters. The number of hydrogen-bond donors (Lipinski definition) is 3. The summed E-state index contributed by atoms with van der Waals surface area (Å²) in [6.07, 6.45) is 6.55. The summed E-state index contributed by atoms with van der Waals surface area (Å²) in [6.45, 7) is 5.02. The maximum absolute atomic E-state index is 12.8. The summed E-state index contributed by atoms with van der Waals surface area (Å²) < 4.78 is 31.2. The highest BCUT2D eigenvalue weighted by atomic mass is 35.5. The summed E-state index contributed by atoms with van der Waals surface area (Å²) in [7, 11) is 3.67. The van der Waals surface area contributed by atoms with Crippen LogP contribution in [0.15, 0.2) is 60.4 Å². The predicted molar refractivity (Wildman–Crippen MR) is 170 cm³/mol. The van der Waals surface area contributed by atoms with Gasteiger partial charge in [0.05, 0.1) is 41.6 Å². The largest absolute Gasteiger partial charge is 0.494 e. The van der Waals surface area contributed by atoms with Crippen LogP contribution >= 0.6 is 11.6 Å². The van der Waals surface area contributed by atoms with Crippen molar-refractivity contribution in [2.45, 2.75) is 4.90 Å². The van der Waals surface area contributed by atoms with Gasteiger partial charge in [-0.1, -0.05) is 18.2 Å². The highest BCUT2D eigenvalue weighted by Gasteiger charge is 2.21. The molecule has 0 saturated carbocycles. The Morgan fingerprint density at radius 2 is 1.79 bits per heavy atom. The van der Waals surface area contributed by atoms with Crippen molar-refractivity contribution in [1.29, 1.82) is 0 Å². The van der Waals surface area contributed by atoms with Crippen LogP contribution in [0.1, 0.15) is 0 Å². The van der Waals surface area contributed by atoms with Gasteiger partial charge in [0.1, 0.15) is 21.2 Å². The van der Waals surface area contributed by atoms with Gasteiger partial charge in [-0.3, -0.25) is 14.8 Å². The number of rotatable bonds is 12. The highest BCUT2D eigenvalue weighted by Crippen LogP contribution is 2.38. The number of methoxy groups -OCH3 is 1. The van der Waals surface area contributed by atoms with Gasteiger partial charge >= 0.3 is 0 Å². The average Bonchev–Trinajstić information content (AvgIpc) is 2.96. The van der Waals surface area contributed by atoms with Gasteiger partial charge in [0.15, 0.2) is 15.7 Å². The molecule has 0 saturated heterocycles. The Kier molecular flexibility index (Phi) is 9.63. The molecule has 2 aromatic heterocycles. The summed E-state index contributed by atoms with van der Waals surface area (Å²) in [5.74, 6) is 0.353. The lowest BCUT2D eigenvalue weighted by atomic mass is 10.2. The maximum atomic E-state index is 12.8. The molecule has 0 aliphatic heterocycles. The van der Waals surface area contributed by atoms with E-state index in [1.807, 2.05) is 26.0 Å². The van der Waals surface area contributed by atoms with E-state index in [9.17, 15) is 13.2 Å². The number of aromatic nitrogens is 4. The lowest BCUT2D eigenvalue weighted by Gasteiger charge is -2.26. The molecule has 4 aromatic rings. The van der Waals surface area contributed by atoms with Crippen LogP contribution in [0, 0.1) is 0 Å². The number of ether oxygens (including phenoxy) is 1. The molecule has 13 nitrogen and oxygen atoms in total. The number of carbonyl (C=O) groups is 1. The van der Waals surface area contributed by atoms with Crippen molar-refractivity contribution in [2.24, 2.45) is 0 Å². The lowest BCUT2D eigenvalue weighted by molar-refractivity contribution is -0.111. The van der Waals surface area contributed by atoms with Gasteiger partial charge in [-0.25, -0.2) is 13.4 Å². The van der Waals surface area contributed by atoms with Crippen LogP contribution < -0.4 is 25.6 Å². The van der Waals surface area contributed by atoms with Crippen LogP contribution in [-0.2, 0) is 14.6 Å². The van der Waals surface area contributed by atoms with Crippen LogP contribution in [-0.4, -0.2) is 86.8 Å². The van der Waals surface area contributed by atoms with Gasteiger partial charge in [0.25, 0.3) is 0 Å². The first-order chi connectivity index (χ1) is 20.4. The molecule has 0 atom stereocenters. The zero-order valence-electron chi connectivity index (χ0n) is 24.3. The molecule has 15 heteroatoms. The number of nitrogens with one attached hydrogen (secondary N) is 3. The summed E-state index contributed by atoms with van der Waals surface area (Å²) in [5.41, 5.74) is 2.56. The van der Waals surface area contributed by atoms with Crippen molar-refractivity contribution in [2.75, 3.05) is 68.4 Å². The Labute approximate surface area is 254 Å². The molecule has 0 radical (unpaired) electrons. The number of benzene rings is 2. The zero-order valence-corrected chi connectivity index (χ0v) is 25.9. The third kappa shape index (κ3) is 7.46. The number of amides is 1. The van der Waals surface area contributed by atoms with Crippen molar-refractivity contribution in [3.05, 3.63) is 60.5 Å². The first-order valence-electron chi connectivity index (χ1n) is 12.9. The van der Waals surface area contributed by atoms with Crippen LogP contribution in [0.5, 0.6) is 5.75 Å². The van der Waals surface area contributed by atoms with E-state index in [1.165, 1.54) is 31.8 Å². The van der Waals surface area contributed by atoms with Crippen LogP contribution in [0.2, 0.25) is 5.02 Å². The molecule has 0 spiro atoms. The molecule has 226 valence electrons. The van der Waals surface area contributed by atoms with Gasteiger partial charge in [-0.15, -0.1) is 0 Å². The van der Waals surface area contributed by atoms with Crippen LogP contribution in [0.4, 0.5) is 34.5 Å². The fourth-order valence-electron chi connectivity index (χ4n) is 4.15. The molecule has 43 heavy (non-hydrogen) atoms. The number of sulfone groups is 1. The number of anilines is 6. The smallest absolute Gasteiger partial charge is 0.247 e. The van der Waals surface area contributed by atoms with E-state index in [2.05, 4.69) is 47.4 Å². The van der Waals surface area contributed by atoms with Crippen molar-refractivity contribution >= 4 is 72.9 Å². The molecule has 2 aromatic carbocycles. The lowest BCUT2D eigenvalue weighted by Crippen LogP contribution is -2.29. The highest BCUT2D eigenvalue weighted by molar-refractivity contribution is 7.91. The number of fused-ring (bicyclic) bond motifs is 1. The van der Waals surface area contributed by atoms with Crippen molar-refractivity contribution in [1.82, 2.24) is 24.8 Å². The first-order valence-corrected chi connectivity index (χ1v) is 15.2. The molecule has 0 bridgehead atoms. The molecule has 3 N–H and O–H groups in total. The fourth-order valence-corrected chi connectivity index (χ4v) is 5.32. The summed E-state index contributed by atoms with van der Waals surface area (Å²) in [5, 5.41) is 9.11. The number of halogens is 1. The van der Waals surface area contributed by atoms with Crippen LogP contribution in [0.3, 0.4) is 0 Å². The third-order valence-corrected chi connectivity index (χ3v) is 7.69. The second kappa shape index (κ2) is 13.2. The van der Waals surface area contributed by atoms with E-state index >= 15 is 0 Å². The second-order valence-electron chi connectivity index (χ2n) is 9.77. The fraction of sp³-hybridized carbons (Fsp3) is 0.250. The molecular formula is C28H32ClN9O4S. The minimum atomic E-state index is -3.73. The topological polar surface area (TPSA) is 155 Å². The van der Waals surface area contributed by atoms with E-state index in [4.69, 9.17) is 16.3 Å². The van der Waals surface area contributed by atoms with E-state index in [0.717, 1.165) is 18.5 Å². The molecule has 0 aliphatic carbocycles. The monoisotopic (exact) mass is 625 g/mol. The van der Waals surface area contributed by atoms with Crippen molar-refractivity contribution < 1.29 is 17.9 Å². The van der Waals surface area contributed by atoms with Crippen molar-refractivity contribution in [3.8, 4) is 5.75 Å². The van der Waals surface area contributed by atoms with E-state index in [0.29, 0.717) is 29.2 Å². The van der Waals surface area contributed by atoms with Gasteiger partial charge in [0.2, 0.25) is 11.9 Å². The quantitative estimate of drug-likeness (QED) is 0.194. The average molecular weight is 626 g/mol. The van der Waals surface area contributed by atoms with E-state index < -0.39 is 9.84 Å². The van der Waals surface area contributed by atoms with Crippen LogP contribution in [0.25, 0.3) is 11.0 Å². The normalized spacial score (nSPS) is 11.3. The summed E-state index contributed by atoms with van der Waals surface area (Å²) >= 11 is 6.42. The Morgan fingerprint density at radius 3 is 2.47 bits per heavy atom. The molecule has 1 amide bonds. The van der Waals surface area contributed by atoms with Gasteiger partial charge in [-0.05, 0) is 38.4 Å². The minimum Gasteiger partial charge on any atom is -0.494 e. The summed E-state index contributed by atoms with van der Waals surface area (Å²) in [4.78, 5) is 33.5. The third-order valence-electron chi connectivity index (χ3n) is 6.26. The minimum absolute atomic E-state index is 0.0412. The predicted octanol–water partition coefficient (Wildman–Crippen LogP) is 4.09. The van der Waals surface area contributed by atoms with E-state index in [-0.39, 0.29) is 38.8 Å². The zero-order chi connectivity index (χ0) is 31.3. The molecular weight excluding hydrogens is 594 g/mol. The van der Waals surface area contributed by atoms with Gasteiger partial charge < -0.3 is 30.5 Å².